The van der Waals surface area contributed by atoms with E-state index in [4.69, 9.17) is 24.1 Å². The highest BCUT2D eigenvalue weighted by molar-refractivity contribution is 5.14. The zero-order valence-corrected chi connectivity index (χ0v) is 28.1. The van der Waals surface area contributed by atoms with E-state index in [0.717, 1.165) is 58.0 Å². The first-order valence-corrected chi connectivity index (χ1v) is 18.5. The second-order valence-corrected chi connectivity index (χ2v) is 13.5. The summed E-state index contributed by atoms with van der Waals surface area (Å²) in [5.74, 6) is -0.405. The standard InChI is InChI=1S/C40H62O5/c41-31-21-11-9-7-5-3-1-2-4-6-8-10-20-29-40-30-28-37(43-34-36-25-17-13-18-26-36)39(45-40)38(44-40)27-19-14-22-32-42-33-35-23-15-12-16-24-35/h12-13,15-18,23-26,37-39,41H,1-11,14,19-22,27-34H2/t37-,38-,39-,40+/m1/s1. The molecule has 1 N–H and O–H groups in total. The Bertz CT molecular complexity index is 985. The van der Waals surface area contributed by atoms with Gasteiger partial charge >= 0.3 is 0 Å². The molecule has 0 spiro atoms. The molecule has 2 saturated heterocycles. The van der Waals surface area contributed by atoms with Crippen LogP contribution in [0.3, 0.4) is 0 Å². The van der Waals surface area contributed by atoms with Gasteiger partial charge in [0.25, 0.3) is 0 Å². The number of ether oxygens (including phenoxy) is 4. The summed E-state index contributed by atoms with van der Waals surface area (Å²) in [6.45, 7) is 2.48. The van der Waals surface area contributed by atoms with Gasteiger partial charge in [0.2, 0.25) is 0 Å². The second kappa shape index (κ2) is 21.9. The maximum atomic E-state index is 8.87. The first-order valence-electron chi connectivity index (χ1n) is 18.5. The molecule has 2 aromatic rings. The molecule has 4 rings (SSSR count). The number of aliphatic hydroxyl groups is 1. The fourth-order valence-electron chi connectivity index (χ4n) is 7.02. The minimum atomic E-state index is -0.405. The van der Waals surface area contributed by atoms with Crippen molar-refractivity contribution in [2.75, 3.05) is 13.2 Å². The van der Waals surface area contributed by atoms with Gasteiger partial charge in [-0.05, 0) is 43.2 Å². The fraction of sp³-hybridized carbons (Fsp3) is 0.700. The molecule has 0 aromatic heterocycles. The van der Waals surface area contributed by atoms with E-state index >= 15 is 0 Å². The molecule has 45 heavy (non-hydrogen) atoms. The number of benzene rings is 2. The molecule has 2 aromatic carbocycles. The van der Waals surface area contributed by atoms with Crippen molar-refractivity contribution in [1.82, 2.24) is 0 Å². The summed E-state index contributed by atoms with van der Waals surface area (Å²) in [6.07, 6.45) is 24.3. The van der Waals surface area contributed by atoms with Gasteiger partial charge in [-0.2, -0.15) is 0 Å². The van der Waals surface area contributed by atoms with E-state index in [0.29, 0.717) is 19.8 Å². The predicted molar refractivity (Wildman–Crippen MR) is 183 cm³/mol. The average molecular weight is 623 g/mol. The van der Waals surface area contributed by atoms with Crippen molar-refractivity contribution in [2.24, 2.45) is 0 Å². The van der Waals surface area contributed by atoms with Crippen LogP contribution in [-0.4, -0.2) is 42.4 Å². The average Bonchev–Trinajstić information content (AvgIpc) is 3.36. The lowest BCUT2D eigenvalue weighted by Crippen LogP contribution is -2.43. The Balaban J connectivity index is 1.11. The van der Waals surface area contributed by atoms with Gasteiger partial charge in [0, 0.05) is 26.1 Å². The Morgan fingerprint density at radius 3 is 1.80 bits per heavy atom. The molecular weight excluding hydrogens is 560 g/mol. The van der Waals surface area contributed by atoms with Crippen LogP contribution < -0.4 is 0 Å². The Morgan fingerprint density at radius 2 is 1.18 bits per heavy atom. The van der Waals surface area contributed by atoms with Crippen molar-refractivity contribution < 1.29 is 24.1 Å². The SMILES string of the molecule is OCCCCCCCCCCCCCCC[C@@]12CC[C@@H](OCc3ccccc3)[C@@H](O1)[C@@H](CCCCCOCc1ccccc1)O2. The third-order valence-electron chi connectivity index (χ3n) is 9.67. The highest BCUT2D eigenvalue weighted by atomic mass is 16.8. The van der Waals surface area contributed by atoms with Crippen LogP contribution in [0.4, 0.5) is 0 Å². The molecule has 0 aliphatic carbocycles. The number of rotatable bonds is 26. The molecule has 2 aliphatic heterocycles. The maximum Gasteiger partial charge on any atom is 0.169 e. The van der Waals surface area contributed by atoms with Crippen LogP contribution in [0, 0.1) is 0 Å². The van der Waals surface area contributed by atoms with E-state index in [1.807, 2.05) is 6.07 Å². The first kappa shape index (κ1) is 36.1. The van der Waals surface area contributed by atoms with Crippen molar-refractivity contribution in [1.29, 1.82) is 0 Å². The van der Waals surface area contributed by atoms with Crippen LogP contribution in [0.25, 0.3) is 0 Å². The smallest absolute Gasteiger partial charge is 0.169 e. The second-order valence-electron chi connectivity index (χ2n) is 13.5. The molecule has 0 amide bonds. The Kier molecular flexibility index (Phi) is 17.6. The molecule has 252 valence electrons. The minimum absolute atomic E-state index is 0.0338. The zero-order valence-electron chi connectivity index (χ0n) is 28.1. The van der Waals surface area contributed by atoms with E-state index < -0.39 is 5.79 Å². The number of hydrogen-bond acceptors (Lipinski definition) is 5. The lowest BCUT2D eigenvalue weighted by atomic mass is 9.94. The third kappa shape index (κ3) is 13.9. The van der Waals surface area contributed by atoms with Crippen molar-refractivity contribution in [3.05, 3.63) is 71.8 Å². The summed E-state index contributed by atoms with van der Waals surface area (Å²) in [6, 6.07) is 20.9. The lowest BCUT2D eigenvalue weighted by Gasteiger charge is -2.35. The van der Waals surface area contributed by atoms with Gasteiger partial charge in [0.15, 0.2) is 5.79 Å². The van der Waals surface area contributed by atoms with E-state index in [-0.39, 0.29) is 18.3 Å². The molecule has 0 unspecified atom stereocenters. The number of hydrogen-bond donors (Lipinski definition) is 1. The molecule has 0 saturated carbocycles. The summed E-state index contributed by atoms with van der Waals surface area (Å²) in [7, 11) is 0. The van der Waals surface area contributed by atoms with Gasteiger partial charge in [-0.15, -0.1) is 0 Å². The molecule has 2 heterocycles. The van der Waals surface area contributed by atoms with Crippen LogP contribution >= 0.6 is 0 Å². The molecule has 0 radical (unpaired) electrons. The zero-order chi connectivity index (χ0) is 31.3. The number of aliphatic hydroxyl groups excluding tert-OH is 1. The van der Waals surface area contributed by atoms with E-state index in [2.05, 4.69) is 54.6 Å². The molecule has 2 aliphatic rings. The van der Waals surface area contributed by atoms with Gasteiger partial charge in [0.1, 0.15) is 6.10 Å². The van der Waals surface area contributed by atoms with Gasteiger partial charge in [-0.3, -0.25) is 0 Å². The van der Waals surface area contributed by atoms with Crippen LogP contribution in [0.5, 0.6) is 0 Å². The van der Waals surface area contributed by atoms with Gasteiger partial charge < -0.3 is 24.1 Å². The number of unbranched alkanes of at least 4 members (excludes halogenated alkanes) is 14. The van der Waals surface area contributed by atoms with Crippen LogP contribution in [0.2, 0.25) is 0 Å². The summed E-state index contributed by atoms with van der Waals surface area (Å²) in [5.41, 5.74) is 2.45. The summed E-state index contributed by atoms with van der Waals surface area (Å²) in [5, 5.41) is 8.87. The summed E-state index contributed by atoms with van der Waals surface area (Å²) in [4.78, 5) is 0. The molecule has 2 fully saturated rings. The molecule has 5 heteroatoms. The third-order valence-corrected chi connectivity index (χ3v) is 9.67. The van der Waals surface area contributed by atoms with Crippen LogP contribution in [-0.2, 0) is 32.2 Å². The van der Waals surface area contributed by atoms with Crippen molar-refractivity contribution >= 4 is 0 Å². The highest BCUT2D eigenvalue weighted by Gasteiger charge is 2.53. The van der Waals surface area contributed by atoms with Crippen LogP contribution in [0.1, 0.15) is 140 Å². The molecular formula is C40H62O5. The topological polar surface area (TPSA) is 57.2 Å². The lowest BCUT2D eigenvalue weighted by molar-refractivity contribution is -0.221. The molecule has 5 nitrogen and oxygen atoms in total. The highest BCUT2D eigenvalue weighted by Crippen LogP contribution is 2.45. The largest absolute Gasteiger partial charge is 0.396 e. The Hall–Kier alpha value is -1.76. The minimum Gasteiger partial charge on any atom is -0.396 e. The normalized spacial score (nSPS) is 22.6. The van der Waals surface area contributed by atoms with Gasteiger partial charge in [-0.1, -0.05) is 144 Å². The van der Waals surface area contributed by atoms with Crippen molar-refractivity contribution in [3.8, 4) is 0 Å². The first-order chi connectivity index (χ1) is 22.3. The van der Waals surface area contributed by atoms with E-state index in [1.165, 1.54) is 88.2 Å². The maximum absolute atomic E-state index is 8.87. The van der Waals surface area contributed by atoms with Gasteiger partial charge in [0.05, 0.1) is 25.4 Å². The summed E-state index contributed by atoms with van der Waals surface area (Å²) < 4.78 is 26.0. The Labute approximate surface area is 274 Å². The summed E-state index contributed by atoms with van der Waals surface area (Å²) >= 11 is 0. The van der Waals surface area contributed by atoms with Crippen LogP contribution in [0.15, 0.2) is 60.7 Å². The monoisotopic (exact) mass is 622 g/mol. The quantitative estimate of drug-likeness (QED) is 0.106. The molecule has 2 bridgehead atoms. The van der Waals surface area contributed by atoms with Gasteiger partial charge in [-0.25, -0.2) is 0 Å². The molecule has 4 atom stereocenters. The van der Waals surface area contributed by atoms with E-state index in [9.17, 15) is 0 Å². The van der Waals surface area contributed by atoms with Crippen molar-refractivity contribution in [2.45, 2.75) is 166 Å². The fourth-order valence-corrected chi connectivity index (χ4v) is 7.02. The Morgan fingerprint density at radius 1 is 0.622 bits per heavy atom. The predicted octanol–water partition coefficient (Wildman–Crippen LogP) is 10.1. The van der Waals surface area contributed by atoms with Crippen molar-refractivity contribution in [3.63, 3.8) is 0 Å². The van der Waals surface area contributed by atoms with E-state index in [1.54, 1.807) is 0 Å². The number of fused-ring (bicyclic) bond motifs is 2.